The molecule has 0 aliphatic heterocycles. The molecule has 2 heterocycles. The lowest BCUT2D eigenvalue weighted by Gasteiger charge is -2.22. The number of nitrogens with two attached hydrogens (primary N) is 2. The van der Waals surface area contributed by atoms with Crippen LogP contribution in [-0.2, 0) is 24.0 Å². The summed E-state index contributed by atoms with van der Waals surface area (Å²) in [6, 6.07) is -2.44. The van der Waals surface area contributed by atoms with Gasteiger partial charge < -0.3 is 32.3 Å². The van der Waals surface area contributed by atoms with E-state index in [1.807, 2.05) is 0 Å². The number of ketones is 1. The number of Topliss-reactive ketones (excluding diaryl/α,β-unsaturated/α-hetero) is 1. The number of nitrogen functional groups attached to an aromatic ring is 2. The van der Waals surface area contributed by atoms with Crippen molar-refractivity contribution >= 4 is 64.7 Å². The number of thioether (sulfide) groups is 2. The number of amides is 2. The summed E-state index contributed by atoms with van der Waals surface area (Å²) in [5.74, 6) is -3.93. The standard InChI is InChI=1S/C23H30N8O7S2/c1-11(32)30-14(22(35)36)9-39-16(18-20(24)28-5-3-26-18)7-13(34)8-17(19-21(25)29-6-4-27-19)40-10-15(23(37)38)31-12(2)33/h3-6,14-17H,7-10H2,1-2H3,(H2,24,28)(H2,25,29)(H,30,32)(H,31,33)(H,35,36)(H,37,38). The molecule has 2 aromatic heterocycles. The van der Waals surface area contributed by atoms with E-state index in [4.69, 9.17) is 11.5 Å². The van der Waals surface area contributed by atoms with Crippen LogP contribution in [0.15, 0.2) is 24.8 Å². The number of carbonyl (C=O) groups excluding carboxylic acids is 3. The number of carbonyl (C=O) groups is 5. The van der Waals surface area contributed by atoms with E-state index in [1.165, 1.54) is 38.6 Å². The summed E-state index contributed by atoms with van der Waals surface area (Å²) in [4.78, 5) is 75.9. The van der Waals surface area contributed by atoms with Crippen LogP contribution in [0.3, 0.4) is 0 Å². The molecule has 216 valence electrons. The Morgan fingerprint density at radius 3 is 1.38 bits per heavy atom. The molecule has 0 spiro atoms. The molecule has 0 saturated heterocycles. The minimum Gasteiger partial charge on any atom is -0.480 e. The van der Waals surface area contributed by atoms with Crippen LogP contribution in [0.5, 0.6) is 0 Å². The molecule has 8 N–H and O–H groups in total. The number of nitrogens with one attached hydrogen (secondary N) is 2. The SMILES string of the molecule is CC(=O)NC(CSC(CC(=O)CC(SCC(NC(C)=O)C(=O)O)c1nccnc1N)c1nccnc1N)C(=O)O. The van der Waals surface area contributed by atoms with Gasteiger partial charge in [0.1, 0.15) is 29.5 Å². The maximum atomic E-state index is 13.4. The first-order chi connectivity index (χ1) is 18.9. The maximum absolute atomic E-state index is 13.4. The van der Waals surface area contributed by atoms with E-state index >= 15 is 0 Å². The number of hydrogen-bond acceptors (Lipinski definition) is 13. The lowest BCUT2D eigenvalue weighted by atomic mass is 10.1. The molecule has 2 aromatic rings. The molecule has 0 aliphatic carbocycles. The third-order valence-electron chi connectivity index (χ3n) is 5.23. The molecular formula is C23H30N8O7S2. The van der Waals surface area contributed by atoms with Gasteiger partial charge in [0.2, 0.25) is 11.8 Å². The van der Waals surface area contributed by atoms with E-state index in [9.17, 15) is 34.2 Å². The second-order valence-corrected chi connectivity index (χ2v) is 10.9. The lowest BCUT2D eigenvalue weighted by Crippen LogP contribution is -2.41. The predicted octanol–water partition coefficient (Wildman–Crippen LogP) is 0.208. The van der Waals surface area contributed by atoms with E-state index in [2.05, 4.69) is 30.6 Å². The first-order valence-corrected chi connectivity index (χ1v) is 13.9. The molecule has 0 saturated carbocycles. The third-order valence-corrected chi connectivity index (χ3v) is 7.86. The highest BCUT2D eigenvalue weighted by molar-refractivity contribution is 7.99. The summed E-state index contributed by atoms with van der Waals surface area (Å²) < 4.78 is 0. The smallest absolute Gasteiger partial charge is 0.327 e. The molecule has 15 nitrogen and oxygen atoms in total. The average molecular weight is 595 g/mol. The number of nitrogens with zero attached hydrogens (tertiary/aromatic N) is 4. The zero-order chi connectivity index (χ0) is 29.8. The van der Waals surface area contributed by atoms with Crippen molar-refractivity contribution in [2.45, 2.75) is 49.3 Å². The van der Waals surface area contributed by atoms with Gasteiger partial charge in [0.25, 0.3) is 0 Å². The Morgan fingerprint density at radius 2 is 1.07 bits per heavy atom. The maximum Gasteiger partial charge on any atom is 0.327 e. The summed E-state index contributed by atoms with van der Waals surface area (Å²) in [6.45, 7) is 2.39. The van der Waals surface area contributed by atoms with Crippen LogP contribution in [-0.4, -0.2) is 83.3 Å². The first-order valence-electron chi connectivity index (χ1n) is 11.8. The first kappa shape index (κ1) is 32.2. The molecular weight excluding hydrogens is 564 g/mol. The molecule has 2 amide bonds. The van der Waals surface area contributed by atoms with Gasteiger partial charge in [0, 0.05) is 63.0 Å². The fourth-order valence-corrected chi connectivity index (χ4v) is 6.03. The zero-order valence-corrected chi connectivity index (χ0v) is 23.3. The second-order valence-electron chi connectivity index (χ2n) is 8.43. The normalized spacial score (nSPS) is 13.8. The Labute approximate surface area is 237 Å². The van der Waals surface area contributed by atoms with Crippen molar-refractivity contribution in [1.29, 1.82) is 0 Å². The van der Waals surface area contributed by atoms with Crippen LogP contribution in [0.25, 0.3) is 0 Å². The fraction of sp³-hybridized carbons (Fsp3) is 0.435. The van der Waals surface area contributed by atoms with Crippen molar-refractivity contribution in [1.82, 2.24) is 30.6 Å². The van der Waals surface area contributed by atoms with Crippen molar-refractivity contribution < 1.29 is 34.2 Å². The van der Waals surface area contributed by atoms with Crippen molar-refractivity contribution in [3.05, 3.63) is 36.2 Å². The monoisotopic (exact) mass is 594 g/mol. The molecule has 4 atom stereocenters. The Bertz CT molecular complexity index is 1140. The van der Waals surface area contributed by atoms with Crippen molar-refractivity contribution in [2.24, 2.45) is 0 Å². The highest BCUT2D eigenvalue weighted by atomic mass is 32.2. The highest BCUT2D eigenvalue weighted by Crippen LogP contribution is 2.38. The summed E-state index contributed by atoms with van der Waals surface area (Å²) in [7, 11) is 0. The summed E-state index contributed by atoms with van der Waals surface area (Å²) in [5.41, 5.74) is 12.5. The van der Waals surface area contributed by atoms with Gasteiger partial charge in [-0.2, -0.15) is 0 Å². The largest absolute Gasteiger partial charge is 0.480 e. The number of aliphatic carboxylic acids is 2. The van der Waals surface area contributed by atoms with Crippen molar-refractivity contribution in [3.63, 3.8) is 0 Å². The Balaban J connectivity index is 2.28. The van der Waals surface area contributed by atoms with Crippen LogP contribution in [0.1, 0.15) is 48.6 Å². The van der Waals surface area contributed by atoms with Gasteiger partial charge in [-0.3, -0.25) is 24.4 Å². The van der Waals surface area contributed by atoms with Crippen molar-refractivity contribution in [3.8, 4) is 0 Å². The molecule has 0 bridgehead atoms. The molecule has 0 aromatic carbocycles. The van der Waals surface area contributed by atoms with Crippen LogP contribution < -0.4 is 22.1 Å². The summed E-state index contributed by atoms with van der Waals surface area (Å²) in [6.07, 6.45) is 5.23. The number of carboxylic acid groups (broad SMARTS) is 2. The minimum atomic E-state index is -1.25. The summed E-state index contributed by atoms with van der Waals surface area (Å²) in [5, 5.41) is 22.2. The van der Waals surface area contributed by atoms with Crippen LogP contribution in [0.2, 0.25) is 0 Å². The van der Waals surface area contributed by atoms with Gasteiger partial charge in [0.05, 0.1) is 21.9 Å². The topological polar surface area (TPSA) is 253 Å². The number of hydrogen-bond donors (Lipinski definition) is 6. The van der Waals surface area contributed by atoms with Gasteiger partial charge >= 0.3 is 11.9 Å². The fourth-order valence-electron chi connectivity index (χ4n) is 3.45. The van der Waals surface area contributed by atoms with Crippen LogP contribution >= 0.6 is 23.5 Å². The molecule has 4 unspecified atom stereocenters. The Hall–Kier alpha value is -3.99. The number of rotatable bonds is 16. The molecule has 2 rings (SSSR count). The van der Waals surface area contributed by atoms with Gasteiger partial charge in [0.15, 0.2) is 0 Å². The van der Waals surface area contributed by atoms with Gasteiger partial charge in [-0.15, -0.1) is 23.5 Å². The molecule has 40 heavy (non-hydrogen) atoms. The van der Waals surface area contributed by atoms with E-state index < -0.39 is 46.3 Å². The van der Waals surface area contributed by atoms with Crippen LogP contribution in [0, 0.1) is 0 Å². The van der Waals surface area contributed by atoms with Crippen molar-refractivity contribution in [2.75, 3.05) is 23.0 Å². The van der Waals surface area contributed by atoms with E-state index in [-0.39, 0.29) is 53.2 Å². The molecule has 17 heteroatoms. The molecule has 0 radical (unpaired) electrons. The predicted molar refractivity (Wildman–Crippen MR) is 148 cm³/mol. The average Bonchev–Trinajstić information content (AvgIpc) is 2.87. The van der Waals surface area contributed by atoms with E-state index in [1.54, 1.807) is 0 Å². The quantitative estimate of drug-likeness (QED) is 0.152. The number of carboxylic acids is 2. The minimum absolute atomic E-state index is 0.0582. The Morgan fingerprint density at radius 1 is 0.725 bits per heavy atom. The molecule has 0 fully saturated rings. The van der Waals surface area contributed by atoms with Gasteiger partial charge in [-0.05, 0) is 0 Å². The van der Waals surface area contributed by atoms with Gasteiger partial charge in [-0.25, -0.2) is 19.6 Å². The highest BCUT2D eigenvalue weighted by Gasteiger charge is 2.29. The lowest BCUT2D eigenvalue weighted by molar-refractivity contribution is -0.141. The van der Waals surface area contributed by atoms with Crippen LogP contribution in [0.4, 0.5) is 11.6 Å². The van der Waals surface area contributed by atoms with E-state index in [0.29, 0.717) is 0 Å². The zero-order valence-electron chi connectivity index (χ0n) is 21.6. The number of aromatic nitrogens is 4. The molecule has 0 aliphatic rings. The number of anilines is 2. The Kier molecular flexibility index (Phi) is 12.5. The third kappa shape index (κ3) is 10.3. The van der Waals surface area contributed by atoms with Gasteiger partial charge in [-0.1, -0.05) is 0 Å². The van der Waals surface area contributed by atoms with E-state index in [0.717, 1.165) is 23.5 Å². The second kappa shape index (κ2) is 15.6. The summed E-state index contributed by atoms with van der Waals surface area (Å²) >= 11 is 2.13.